The molecule has 0 amide bonds. The largest absolute Gasteiger partial charge is 0.416 e. The van der Waals surface area contributed by atoms with Crippen molar-refractivity contribution >= 4 is 11.8 Å². The SMILES string of the molecule is Fc1ccc(C(F)(F)F)c(CC2=CC3CCCC(C2)S3)c1. The van der Waals surface area contributed by atoms with Crippen LogP contribution in [0.15, 0.2) is 29.8 Å². The first-order valence-electron chi connectivity index (χ1n) is 7.12. The highest BCUT2D eigenvalue weighted by atomic mass is 32.2. The Morgan fingerprint density at radius 3 is 2.71 bits per heavy atom. The molecule has 2 aliphatic rings. The normalized spacial score (nSPS) is 25.6. The lowest BCUT2D eigenvalue weighted by atomic mass is 9.92. The van der Waals surface area contributed by atoms with Crippen molar-refractivity contribution in [3.05, 3.63) is 46.8 Å². The molecular weight excluding hydrogens is 300 g/mol. The number of halogens is 4. The molecule has 0 nitrogen and oxygen atoms in total. The van der Waals surface area contributed by atoms with Crippen LogP contribution in [0, 0.1) is 5.82 Å². The summed E-state index contributed by atoms with van der Waals surface area (Å²) in [6.07, 6.45) is 2.14. The molecule has 0 aromatic heterocycles. The van der Waals surface area contributed by atoms with Crippen LogP contribution >= 0.6 is 11.8 Å². The Bertz CT molecular complexity index is 562. The van der Waals surface area contributed by atoms with Gasteiger partial charge in [-0.3, -0.25) is 0 Å². The van der Waals surface area contributed by atoms with Crippen LogP contribution in [0.25, 0.3) is 0 Å². The van der Waals surface area contributed by atoms with Gasteiger partial charge in [0.1, 0.15) is 5.82 Å². The zero-order valence-corrected chi connectivity index (χ0v) is 12.2. The minimum Gasteiger partial charge on any atom is -0.207 e. The van der Waals surface area contributed by atoms with Gasteiger partial charge in [-0.2, -0.15) is 24.9 Å². The van der Waals surface area contributed by atoms with Crippen LogP contribution in [-0.2, 0) is 12.6 Å². The first kappa shape index (κ1) is 14.9. The van der Waals surface area contributed by atoms with Gasteiger partial charge in [-0.05, 0) is 49.4 Å². The second kappa shape index (κ2) is 5.67. The number of rotatable bonds is 2. The first-order valence-corrected chi connectivity index (χ1v) is 8.07. The molecule has 1 aromatic carbocycles. The van der Waals surface area contributed by atoms with Crippen molar-refractivity contribution in [2.45, 2.75) is 48.8 Å². The summed E-state index contributed by atoms with van der Waals surface area (Å²) in [6.45, 7) is 0. The highest BCUT2D eigenvalue weighted by Gasteiger charge is 2.34. The third-order valence-electron chi connectivity index (χ3n) is 4.08. The van der Waals surface area contributed by atoms with Gasteiger partial charge in [0.2, 0.25) is 0 Å². The number of alkyl halides is 3. The Hall–Kier alpha value is -0.970. The van der Waals surface area contributed by atoms with Crippen LogP contribution in [-0.4, -0.2) is 10.5 Å². The molecule has 0 saturated carbocycles. The smallest absolute Gasteiger partial charge is 0.207 e. The molecule has 5 heteroatoms. The molecule has 1 aromatic rings. The number of thioether (sulfide) groups is 1. The lowest BCUT2D eigenvalue weighted by Crippen LogP contribution is -2.22. The van der Waals surface area contributed by atoms with Crippen molar-refractivity contribution in [2.24, 2.45) is 0 Å². The van der Waals surface area contributed by atoms with E-state index in [1.165, 1.54) is 6.42 Å². The molecule has 21 heavy (non-hydrogen) atoms. The quantitative estimate of drug-likeness (QED) is 0.522. The summed E-state index contributed by atoms with van der Waals surface area (Å²) in [6, 6.07) is 2.76. The fourth-order valence-corrected chi connectivity index (χ4v) is 4.87. The van der Waals surface area contributed by atoms with Crippen LogP contribution in [0.5, 0.6) is 0 Å². The monoisotopic (exact) mass is 316 g/mol. The predicted molar refractivity (Wildman–Crippen MR) is 76.8 cm³/mol. The molecule has 0 N–H and O–H groups in total. The fraction of sp³-hybridized carbons (Fsp3) is 0.500. The summed E-state index contributed by atoms with van der Waals surface area (Å²) >= 11 is 1.93. The van der Waals surface area contributed by atoms with E-state index in [1.807, 2.05) is 11.8 Å². The Morgan fingerprint density at radius 1 is 1.19 bits per heavy atom. The molecule has 0 radical (unpaired) electrons. The Balaban J connectivity index is 1.88. The van der Waals surface area contributed by atoms with Crippen LogP contribution in [0.3, 0.4) is 0 Å². The van der Waals surface area contributed by atoms with Crippen LogP contribution < -0.4 is 0 Å². The second-order valence-electron chi connectivity index (χ2n) is 5.73. The maximum Gasteiger partial charge on any atom is 0.416 e. The fourth-order valence-electron chi connectivity index (χ4n) is 3.19. The number of benzene rings is 1. The van der Waals surface area contributed by atoms with E-state index in [-0.39, 0.29) is 12.0 Å². The zero-order valence-electron chi connectivity index (χ0n) is 11.4. The van der Waals surface area contributed by atoms with E-state index in [2.05, 4.69) is 6.08 Å². The number of fused-ring (bicyclic) bond motifs is 2. The van der Waals surface area contributed by atoms with Gasteiger partial charge in [0, 0.05) is 10.5 Å². The number of hydrogen-bond donors (Lipinski definition) is 0. The highest BCUT2D eigenvalue weighted by molar-refractivity contribution is 8.00. The first-order chi connectivity index (χ1) is 9.91. The molecular formula is C16H16F4S. The highest BCUT2D eigenvalue weighted by Crippen LogP contribution is 2.42. The average molecular weight is 316 g/mol. The van der Waals surface area contributed by atoms with Crippen LogP contribution in [0.4, 0.5) is 17.6 Å². The Labute approximate surface area is 125 Å². The zero-order chi connectivity index (χ0) is 15.0. The topological polar surface area (TPSA) is 0 Å². The van der Waals surface area contributed by atoms with E-state index in [0.29, 0.717) is 10.5 Å². The molecule has 0 aliphatic carbocycles. The molecule has 114 valence electrons. The van der Waals surface area contributed by atoms with Gasteiger partial charge in [-0.15, -0.1) is 0 Å². The van der Waals surface area contributed by atoms with Gasteiger partial charge in [-0.25, -0.2) is 4.39 Å². The predicted octanol–water partition coefficient (Wildman–Crippen LogP) is 5.37. The van der Waals surface area contributed by atoms with Crippen molar-refractivity contribution in [1.29, 1.82) is 0 Å². The Morgan fingerprint density at radius 2 is 2.00 bits per heavy atom. The van der Waals surface area contributed by atoms with Crippen molar-refractivity contribution in [2.75, 3.05) is 0 Å². The standard InChI is InChI=1S/C16H16F4S/c17-12-4-5-15(16(18,19)20)11(9-12)6-10-7-13-2-1-3-14(8-10)21-13/h4-5,7,9,13-14H,1-3,6,8H2. The average Bonchev–Trinajstić information content (AvgIpc) is 2.36. The van der Waals surface area contributed by atoms with Gasteiger partial charge in [-0.1, -0.05) is 18.1 Å². The van der Waals surface area contributed by atoms with Gasteiger partial charge in [0.25, 0.3) is 0 Å². The van der Waals surface area contributed by atoms with Crippen molar-refractivity contribution < 1.29 is 17.6 Å². The van der Waals surface area contributed by atoms with Gasteiger partial charge in [0.15, 0.2) is 0 Å². The lowest BCUT2D eigenvalue weighted by molar-refractivity contribution is -0.138. The van der Waals surface area contributed by atoms with Gasteiger partial charge < -0.3 is 0 Å². The van der Waals surface area contributed by atoms with Crippen molar-refractivity contribution in [1.82, 2.24) is 0 Å². The van der Waals surface area contributed by atoms with Crippen molar-refractivity contribution in [3.63, 3.8) is 0 Å². The molecule has 2 aliphatic heterocycles. The maximum atomic E-state index is 13.3. The molecule has 2 heterocycles. The number of allylic oxidation sites excluding steroid dienone is 1. The van der Waals surface area contributed by atoms with E-state index in [0.717, 1.165) is 43.0 Å². The minimum atomic E-state index is -4.43. The van der Waals surface area contributed by atoms with E-state index < -0.39 is 17.6 Å². The van der Waals surface area contributed by atoms with E-state index in [1.54, 1.807) is 0 Å². The lowest BCUT2D eigenvalue weighted by Gasteiger charge is -2.33. The molecule has 2 atom stereocenters. The third-order valence-corrected chi connectivity index (χ3v) is 5.59. The Kier molecular flexibility index (Phi) is 4.04. The second-order valence-corrected chi connectivity index (χ2v) is 7.28. The summed E-state index contributed by atoms with van der Waals surface area (Å²) in [5.41, 5.74) is 0.367. The third kappa shape index (κ3) is 3.44. The molecule has 3 rings (SSSR count). The molecule has 1 fully saturated rings. The van der Waals surface area contributed by atoms with Gasteiger partial charge in [0.05, 0.1) is 5.56 Å². The van der Waals surface area contributed by atoms with E-state index in [4.69, 9.17) is 0 Å². The summed E-state index contributed by atoms with van der Waals surface area (Å²) in [4.78, 5) is 0. The summed E-state index contributed by atoms with van der Waals surface area (Å²) < 4.78 is 52.4. The van der Waals surface area contributed by atoms with Gasteiger partial charge >= 0.3 is 6.18 Å². The molecule has 1 saturated heterocycles. The molecule has 2 bridgehead atoms. The van der Waals surface area contributed by atoms with E-state index in [9.17, 15) is 17.6 Å². The molecule has 2 unspecified atom stereocenters. The summed E-state index contributed by atoms with van der Waals surface area (Å²) in [5, 5.41) is 0.946. The summed E-state index contributed by atoms with van der Waals surface area (Å²) in [7, 11) is 0. The van der Waals surface area contributed by atoms with Crippen LogP contribution in [0.2, 0.25) is 0 Å². The van der Waals surface area contributed by atoms with Crippen LogP contribution in [0.1, 0.15) is 36.8 Å². The van der Waals surface area contributed by atoms with E-state index >= 15 is 0 Å². The molecule has 0 spiro atoms. The minimum absolute atomic E-state index is 0.0544. The van der Waals surface area contributed by atoms with Crippen molar-refractivity contribution in [3.8, 4) is 0 Å². The summed E-state index contributed by atoms with van der Waals surface area (Å²) in [5.74, 6) is -0.607. The number of hydrogen-bond acceptors (Lipinski definition) is 1. The maximum absolute atomic E-state index is 13.3.